The number of sulfone groups is 1. The first kappa shape index (κ1) is 17.0. The molecule has 0 bridgehead atoms. The van der Waals surface area contributed by atoms with Crippen molar-refractivity contribution in [3.05, 3.63) is 36.1 Å². The normalized spacial score (nSPS) is 9.38. The zero-order valence-corrected chi connectivity index (χ0v) is 10.00. The van der Waals surface area contributed by atoms with Crippen LogP contribution in [-0.2, 0) is 19.4 Å². The summed E-state index contributed by atoms with van der Waals surface area (Å²) in [6, 6.07) is 0. The lowest BCUT2D eigenvalue weighted by atomic mass is 10.4. The summed E-state index contributed by atoms with van der Waals surface area (Å²) in [7, 11) is -3.13. The third-order valence-corrected chi connectivity index (χ3v) is 2.07. The zero-order chi connectivity index (χ0) is 13.2. The van der Waals surface area contributed by atoms with Gasteiger partial charge in [-0.15, -0.1) is 0 Å². The second-order valence-electron chi connectivity index (χ2n) is 2.56. The van der Waals surface area contributed by atoms with Crippen LogP contribution in [-0.4, -0.2) is 32.7 Å². The molecule has 0 radical (unpaired) electrons. The summed E-state index contributed by atoms with van der Waals surface area (Å²) in [4.78, 5) is 10.5. The van der Waals surface area contributed by atoms with E-state index in [0.717, 1.165) is 10.8 Å². The Bertz CT molecular complexity index is 339. The molecule has 0 amide bonds. The van der Waals surface area contributed by atoms with E-state index in [0.29, 0.717) is 5.57 Å². The number of hydrogen-bond acceptors (Lipinski definition) is 5. The maximum atomic E-state index is 10.5. The van der Waals surface area contributed by atoms with Crippen LogP contribution < -0.4 is 0 Å². The fraction of sp³-hybridized carbons (Fsp3) is 0.300. The van der Waals surface area contributed by atoms with Crippen molar-refractivity contribution in [2.75, 3.05) is 13.2 Å². The largest absolute Gasteiger partial charge is 0.460 e. The van der Waals surface area contributed by atoms with Gasteiger partial charge in [-0.05, 0) is 6.92 Å². The lowest BCUT2D eigenvalue weighted by Gasteiger charge is -1.99. The van der Waals surface area contributed by atoms with E-state index in [4.69, 9.17) is 5.11 Å². The minimum Gasteiger partial charge on any atom is -0.460 e. The molecular weight excluding hydrogens is 232 g/mol. The Morgan fingerprint density at radius 2 is 1.81 bits per heavy atom. The predicted molar refractivity (Wildman–Crippen MR) is 62.2 cm³/mol. The van der Waals surface area contributed by atoms with Crippen molar-refractivity contribution in [3.8, 4) is 0 Å². The van der Waals surface area contributed by atoms with Crippen LogP contribution in [0.4, 0.5) is 0 Å². The van der Waals surface area contributed by atoms with Gasteiger partial charge in [-0.1, -0.05) is 19.7 Å². The Kier molecular flexibility index (Phi) is 9.43. The zero-order valence-electron chi connectivity index (χ0n) is 9.18. The number of aliphatic hydroxyl groups excluding tert-OH is 1. The van der Waals surface area contributed by atoms with Crippen LogP contribution in [0, 0.1) is 0 Å². The molecule has 16 heavy (non-hydrogen) atoms. The van der Waals surface area contributed by atoms with Crippen LogP contribution in [0.1, 0.15) is 6.92 Å². The summed E-state index contributed by atoms with van der Waals surface area (Å²) in [5.74, 6) is -0.455. The molecule has 0 unspecified atom stereocenters. The maximum absolute atomic E-state index is 10.5. The van der Waals surface area contributed by atoms with E-state index in [1.54, 1.807) is 6.92 Å². The molecule has 92 valence electrons. The fourth-order valence-electron chi connectivity index (χ4n) is 0.330. The minimum absolute atomic E-state index is 0.0473. The molecular formula is C10H16O5S. The second-order valence-corrected chi connectivity index (χ2v) is 4.41. The first-order chi connectivity index (χ1) is 7.30. The van der Waals surface area contributed by atoms with Crippen LogP contribution in [0.25, 0.3) is 0 Å². The van der Waals surface area contributed by atoms with Crippen molar-refractivity contribution in [1.82, 2.24) is 0 Å². The van der Waals surface area contributed by atoms with E-state index in [1.807, 2.05) is 0 Å². The summed E-state index contributed by atoms with van der Waals surface area (Å²) in [6.45, 7) is 10.9. The van der Waals surface area contributed by atoms with Crippen molar-refractivity contribution < 1.29 is 23.1 Å². The average Bonchev–Trinajstić information content (AvgIpc) is 2.26. The summed E-state index contributed by atoms with van der Waals surface area (Å²) >= 11 is 0. The van der Waals surface area contributed by atoms with Gasteiger partial charge in [0.2, 0.25) is 0 Å². The molecule has 0 aromatic heterocycles. The third-order valence-electron chi connectivity index (χ3n) is 1.14. The van der Waals surface area contributed by atoms with Gasteiger partial charge >= 0.3 is 5.97 Å². The maximum Gasteiger partial charge on any atom is 0.333 e. The van der Waals surface area contributed by atoms with Crippen LogP contribution in [0.2, 0.25) is 0 Å². The van der Waals surface area contributed by atoms with Crippen LogP contribution in [0.15, 0.2) is 36.1 Å². The standard InChI is InChI=1S/C6H10O3.C4H6O2S/c1-5(2)6(8)9-4-3-7;1-3-7(5,6)4-2/h7H,1,3-4H2,2H3;3-4H,1-2H2. The summed E-state index contributed by atoms with van der Waals surface area (Å²) in [5, 5.41) is 9.88. The van der Waals surface area contributed by atoms with Crippen molar-refractivity contribution in [3.63, 3.8) is 0 Å². The average molecular weight is 248 g/mol. The molecule has 0 rings (SSSR count). The van der Waals surface area contributed by atoms with Gasteiger partial charge in [-0.3, -0.25) is 0 Å². The number of ether oxygens (including phenoxy) is 1. The van der Waals surface area contributed by atoms with Crippen molar-refractivity contribution >= 4 is 15.8 Å². The lowest BCUT2D eigenvalue weighted by Crippen LogP contribution is -2.08. The summed E-state index contributed by atoms with van der Waals surface area (Å²) in [6.07, 6.45) is 0. The van der Waals surface area contributed by atoms with Gasteiger partial charge in [0, 0.05) is 16.4 Å². The molecule has 0 aromatic carbocycles. The summed E-state index contributed by atoms with van der Waals surface area (Å²) in [5.41, 5.74) is 0.350. The second kappa shape index (κ2) is 8.87. The molecule has 0 aliphatic carbocycles. The Balaban J connectivity index is 0. The van der Waals surface area contributed by atoms with E-state index in [-0.39, 0.29) is 13.2 Å². The number of aliphatic hydroxyl groups is 1. The lowest BCUT2D eigenvalue weighted by molar-refractivity contribution is -0.139. The molecule has 0 aromatic rings. The molecule has 0 fully saturated rings. The molecule has 0 saturated heterocycles. The molecule has 0 saturated carbocycles. The Morgan fingerprint density at radius 1 is 1.38 bits per heavy atom. The highest BCUT2D eigenvalue weighted by Gasteiger charge is 1.99. The molecule has 6 heteroatoms. The number of rotatable bonds is 5. The van der Waals surface area contributed by atoms with Crippen molar-refractivity contribution in [2.45, 2.75) is 6.92 Å². The van der Waals surface area contributed by atoms with E-state index in [9.17, 15) is 13.2 Å². The minimum atomic E-state index is -3.13. The SMILES string of the molecule is C=C(C)C(=O)OCCO.C=CS(=O)(=O)C=C. The number of hydrogen-bond donors (Lipinski definition) is 1. The molecule has 0 atom stereocenters. The Hall–Kier alpha value is -1.40. The van der Waals surface area contributed by atoms with Gasteiger partial charge in [0.25, 0.3) is 0 Å². The molecule has 0 heterocycles. The molecule has 0 aliphatic rings. The molecule has 0 spiro atoms. The van der Waals surface area contributed by atoms with Gasteiger partial charge in [0.15, 0.2) is 9.84 Å². The fourth-order valence-corrected chi connectivity index (χ4v) is 0.466. The van der Waals surface area contributed by atoms with Gasteiger partial charge in [0.1, 0.15) is 6.61 Å². The van der Waals surface area contributed by atoms with E-state index in [1.165, 1.54) is 0 Å². The highest BCUT2D eigenvalue weighted by molar-refractivity contribution is 7.97. The van der Waals surface area contributed by atoms with Gasteiger partial charge in [-0.2, -0.15) is 0 Å². The number of carbonyl (C=O) groups excluding carboxylic acids is 1. The Morgan fingerprint density at radius 3 is 2.00 bits per heavy atom. The smallest absolute Gasteiger partial charge is 0.333 e. The first-order valence-corrected chi connectivity index (χ1v) is 5.85. The van der Waals surface area contributed by atoms with Gasteiger partial charge in [-0.25, -0.2) is 13.2 Å². The molecule has 1 N–H and O–H groups in total. The van der Waals surface area contributed by atoms with E-state index < -0.39 is 15.8 Å². The van der Waals surface area contributed by atoms with Gasteiger partial charge < -0.3 is 9.84 Å². The van der Waals surface area contributed by atoms with Gasteiger partial charge in [0.05, 0.1) is 6.61 Å². The van der Waals surface area contributed by atoms with Crippen LogP contribution in [0.3, 0.4) is 0 Å². The van der Waals surface area contributed by atoms with Crippen molar-refractivity contribution in [1.29, 1.82) is 0 Å². The van der Waals surface area contributed by atoms with E-state index >= 15 is 0 Å². The topological polar surface area (TPSA) is 80.7 Å². The first-order valence-electron chi connectivity index (χ1n) is 4.24. The molecule has 5 nitrogen and oxygen atoms in total. The van der Waals surface area contributed by atoms with E-state index in [2.05, 4.69) is 24.5 Å². The number of carbonyl (C=O) groups is 1. The predicted octanol–water partition coefficient (Wildman–Crippen LogP) is 0.786. The van der Waals surface area contributed by atoms with Crippen molar-refractivity contribution in [2.24, 2.45) is 0 Å². The highest BCUT2D eigenvalue weighted by Crippen LogP contribution is 1.90. The number of esters is 1. The quantitative estimate of drug-likeness (QED) is 0.574. The molecule has 0 aliphatic heterocycles. The third kappa shape index (κ3) is 10.7. The highest BCUT2D eigenvalue weighted by atomic mass is 32.2. The van der Waals surface area contributed by atoms with Crippen LogP contribution >= 0.6 is 0 Å². The monoisotopic (exact) mass is 248 g/mol. The van der Waals surface area contributed by atoms with Crippen LogP contribution in [0.5, 0.6) is 0 Å². The Labute approximate surface area is 95.7 Å². The summed E-state index contributed by atoms with van der Waals surface area (Å²) < 4.78 is 24.7.